The van der Waals surface area contributed by atoms with Crippen molar-refractivity contribution in [1.82, 2.24) is 8.87 Å². The number of sulfonamides is 1. The summed E-state index contributed by atoms with van der Waals surface area (Å²) in [7, 11) is -6.99. The SMILES string of the molecule is O=C(Cn1cc(S(=O)(=O)N2CCCC2)ccc1=O)N(c1ccccc1)[C@@H]1CCS(=O)(=O)C1. The van der Waals surface area contributed by atoms with Crippen molar-refractivity contribution in [3.63, 3.8) is 0 Å². The molecule has 0 aliphatic carbocycles. The quantitative estimate of drug-likeness (QED) is 0.607. The van der Waals surface area contributed by atoms with Gasteiger partial charge in [-0.05, 0) is 37.5 Å². The predicted octanol–water partition coefficient (Wildman–Crippen LogP) is 0.853. The van der Waals surface area contributed by atoms with Crippen LogP contribution >= 0.6 is 0 Å². The highest BCUT2D eigenvalue weighted by molar-refractivity contribution is 7.91. The third-order valence-electron chi connectivity index (χ3n) is 5.84. The van der Waals surface area contributed by atoms with Crippen molar-refractivity contribution in [2.45, 2.75) is 36.7 Å². The Kier molecular flexibility index (Phi) is 6.24. The Morgan fingerprint density at radius 2 is 1.75 bits per heavy atom. The molecule has 2 saturated heterocycles. The van der Waals surface area contributed by atoms with Gasteiger partial charge in [-0.1, -0.05) is 18.2 Å². The molecular formula is C21H25N3O6S2. The van der Waals surface area contributed by atoms with Gasteiger partial charge in [0.05, 0.1) is 22.4 Å². The van der Waals surface area contributed by atoms with Gasteiger partial charge < -0.3 is 9.47 Å². The molecule has 0 N–H and O–H groups in total. The van der Waals surface area contributed by atoms with Crippen molar-refractivity contribution in [2.75, 3.05) is 29.5 Å². The van der Waals surface area contributed by atoms with E-state index in [-0.39, 0.29) is 16.4 Å². The van der Waals surface area contributed by atoms with Gasteiger partial charge in [-0.15, -0.1) is 0 Å². The van der Waals surface area contributed by atoms with Gasteiger partial charge in [0.2, 0.25) is 15.9 Å². The van der Waals surface area contributed by atoms with Crippen molar-refractivity contribution in [3.05, 3.63) is 59.0 Å². The van der Waals surface area contributed by atoms with Crippen molar-refractivity contribution < 1.29 is 21.6 Å². The second kappa shape index (κ2) is 8.80. The van der Waals surface area contributed by atoms with Gasteiger partial charge in [0.15, 0.2) is 9.84 Å². The Hall–Kier alpha value is -2.50. The lowest BCUT2D eigenvalue weighted by Gasteiger charge is -2.28. The van der Waals surface area contributed by atoms with E-state index < -0.39 is 43.9 Å². The molecule has 2 fully saturated rings. The van der Waals surface area contributed by atoms with Gasteiger partial charge in [-0.2, -0.15) is 4.31 Å². The Morgan fingerprint density at radius 1 is 1.06 bits per heavy atom. The van der Waals surface area contributed by atoms with Gasteiger partial charge in [-0.25, -0.2) is 16.8 Å². The number of carbonyl (C=O) groups is 1. The molecule has 9 nitrogen and oxygen atoms in total. The molecule has 1 aromatic heterocycles. The summed E-state index contributed by atoms with van der Waals surface area (Å²) in [5.41, 5.74) is 0.0271. The molecule has 0 radical (unpaired) electrons. The van der Waals surface area contributed by atoms with Crippen molar-refractivity contribution in [2.24, 2.45) is 0 Å². The summed E-state index contributed by atoms with van der Waals surface area (Å²) in [6.45, 7) is 0.463. The van der Waals surface area contributed by atoms with E-state index in [1.165, 1.54) is 21.5 Å². The van der Waals surface area contributed by atoms with Gasteiger partial charge in [0.1, 0.15) is 6.54 Å². The highest BCUT2D eigenvalue weighted by Gasteiger charge is 2.36. The van der Waals surface area contributed by atoms with Crippen LogP contribution in [0, 0.1) is 0 Å². The fourth-order valence-corrected chi connectivity index (χ4v) is 7.45. The number of benzene rings is 1. The topological polar surface area (TPSA) is 114 Å². The summed E-state index contributed by atoms with van der Waals surface area (Å²) in [5, 5.41) is 0. The van der Waals surface area contributed by atoms with Gasteiger partial charge in [0, 0.05) is 31.0 Å². The first-order valence-corrected chi connectivity index (χ1v) is 13.7. The number of carbonyl (C=O) groups excluding carboxylic acids is 1. The van der Waals surface area contributed by atoms with Crippen LogP contribution in [-0.4, -0.2) is 62.3 Å². The number of nitrogens with zero attached hydrogens (tertiary/aromatic N) is 3. The second-order valence-electron chi connectivity index (χ2n) is 8.10. The van der Waals surface area contributed by atoms with Crippen LogP contribution in [-0.2, 0) is 31.2 Å². The van der Waals surface area contributed by atoms with E-state index in [9.17, 15) is 26.4 Å². The number of aromatic nitrogens is 1. The number of hydrogen-bond donors (Lipinski definition) is 0. The smallest absolute Gasteiger partial charge is 0.251 e. The van der Waals surface area contributed by atoms with Crippen LogP contribution in [0.5, 0.6) is 0 Å². The zero-order chi connectivity index (χ0) is 22.9. The lowest BCUT2D eigenvalue weighted by molar-refractivity contribution is -0.119. The molecule has 1 aromatic carbocycles. The van der Waals surface area contributed by atoms with E-state index in [0.29, 0.717) is 25.2 Å². The van der Waals surface area contributed by atoms with E-state index in [4.69, 9.17) is 0 Å². The van der Waals surface area contributed by atoms with Crippen molar-refractivity contribution >= 4 is 31.5 Å². The molecule has 4 rings (SSSR count). The molecule has 0 saturated carbocycles. The molecule has 0 spiro atoms. The number of anilines is 1. The van der Waals surface area contributed by atoms with Crippen molar-refractivity contribution in [1.29, 1.82) is 0 Å². The normalized spacial score (nSPS) is 20.9. The molecular weight excluding hydrogens is 454 g/mol. The summed E-state index contributed by atoms with van der Waals surface area (Å²) >= 11 is 0. The first-order chi connectivity index (χ1) is 15.2. The van der Waals surface area contributed by atoms with Gasteiger partial charge in [-0.3, -0.25) is 9.59 Å². The fourth-order valence-electron chi connectivity index (χ4n) is 4.21. The lowest BCUT2D eigenvalue weighted by atomic mass is 10.1. The van der Waals surface area contributed by atoms with Crippen LogP contribution in [0.25, 0.3) is 0 Å². The molecule has 1 amide bonds. The number of sulfone groups is 1. The van der Waals surface area contributed by atoms with E-state index in [1.54, 1.807) is 30.3 Å². The van der Waals surface area contributed by atoms with E-state index >= 15 is 0 Å². The Bertz CT molecular complexity index is 1270. The summed E-state index contributed by atoms with van der Waals surface area (Å²) in [6.07, 6.45) is 3.07. The number of hydrogen-bond acceptors (Lipinski definition) is 6. The molecule has 11 heteroatoms. The zero-order valence-corrected chi connectivity index (χ0v) is 19.1. The first-order valence-electron chi connectivity index (χ1n) is 10.5. The highest BCUT2D eigenvalue weighted by Crippen LogP contribution is 2.25. The minimum Gasteiger partial charge on any atom is -0.307 e. The second-order valence-corrected chi connectivity index (χ2v) is 12.3. The molecule has 32 heavy (non-hydrogen) atoms. The summed E-state index contributed by atoms with van der Waals surface area (Å²) in [6, 6.07) is 10.6. The standard InChI is InChI=1S/C21H25N3O6S2/c25-20-9-8-19(32(29,30)23-11-4-5-12-23)14-22(20)15-21(26)24(17-6-2-1-3-7-17)18-10-13-31(27,28)16-18/h1-3,6-9,14,18H,4-5,10-13,15-16H2/t18-/m1/s1. The highest BCUT2D eigenvalue weighted by atomic mass is 32.2. The molecule has 172 valence electrons. The van der Waals surface area contributed by atoms with Crippen LogP contribution < -0.4 is 10.5 Å². The van der Waals surface area contributed by atoms with E-state index in [0.717, 1.165) is 23.5 Å². The van der Waals surface area contributed by atoms with Crippen LogP contribution in [0.2, 0.25) is 0 Å². The molecule has 0 bridgehead atoms. The lowest BCUT2D eigenvalue weighted by Crippen LogP contribution is -2.44. The van der Waals surface area contributed by atoms with Crippen LogP contribution in [0.4, 0.5) is 5.69 Å². The molecule has 2 aliphatic rings. The molecule has 2 aromatic rings. The minimum absolute atomic E-state index is 0.00219. The number of pyridine rings is 1. The third-order valence-corrected chi connectivity index (χ3v) is 9.47. The minimum atomic E-state index is -3.75. The Balaban J connectivity index is 1.64. The Morgan fingerprint density at radius 3 is 2.38 bits per heavy atom. The summed E-state index contributed by atoms with van der Waals surface area (Å²) in [4.78, 5) is 27.1. The van der Waals surface area contributed by atoms with Crippen molar-refractivity contribution in [3.8, 4) is 0 Å². The maximum absolute atomic E-state index is 13.3. The predicted molar refractivity (Wildman–Crippen MR) is 120 cm³/mol. The Labute approximate surface area is 187 Å². The zero-order valence-electron chi connectivity index (χ0n) is 17.5. The monoisotopic (exact) mass is 479 g/mol. The molecule has 1 atom stereocenters. The number of amides is 1. The summed E-state index contributed by atoms with van der Waals surface area (Å²) in [5.74, 6) is -0.625. The first kappa shape index (κ1) is 22.7. The van der Waals surface area contributed by atoms with E-state index in [2.05, 4.69) is 0 Å². The molecule has 2 aliphatic heterocycles. The van der Waals surface area contributed by atoms with Gasteiger partial charge in [0.25, 0.3) is 5.56 Å². The van der Waals surface area contributed by atoms with E-state index in [1.807, 2.05) is 0 Å². The fraction of sp³-hybridized carbons (Fsp3) is 0.429. The number of rotatable bonds is 6. The van der Waals surface area contributed by atoms with Crippen LogP contribution in [0.1, 0.15) is 19.3 Å². The maximum atomic E-state index is 13.3. The maximum Gasteiger partial charge on any atom is 0.251 e. The number of para-hydroxylation sites is 1. The molecule has 3 heterocycles. The average Bonchev–Trinajstić information content (AvgIpc) is 3.41. The largest absolute Gasteiger partial charge is 0.307 e. The van der Waals surface area contributed by atoms with Crippen LogP contribution in [0.15, 0.2) is 58.4 Å². The average molecular weight is 480 g/mol. The third kappa shape index (κ3) is 4.64. The van der Waals surface area contributed by atoms with Gasteiger partial charge >= 0.3 is 0 Å². The molecule has 0 unspecified atom stereocenters. The van der Waals surface area contributed by atoms with Crippen LogP contribution in [0.3, 0.4) is 0 Å². The summed E-state index contributed by atoms with van der Waals surface area (Å²) < 4.78 is 52.2.